The maximum Gasteiger partial charge on any atom is 0.224 e. The Morgan fingerprint density at radius 2 is 1.96 bits per heavy atom. The summed E-state index contributed by atoms with van der Waals surface area (Å²) >= 11 is 0. The molecule has 5 N–H and O–H groups in total. The number of aromatic nitrogens is 3. The van der Waals surface area contributed by atoms with Crippen molar-refractivity contribution in [1.82, 2.24) is 15.0 Å². The minimum absolute atomic E-state index is 0.101. The Labute approximate surface area is 133 Å². The molecule has 2 heterocycles. The minimum atomic E-state index is 0.101. The van der Waals surface area contributed by atoms with Crippen LogP contribution < -0.4 is 16.2 Å². The summed E-state index contributed by atoms with van der Waals surface area (Å²) in [6.45, 7) is 1.94. The lowest BCUT2D eigenvalue weighted by atomic mass is 9.99. The molecule has 118 valence electrons. The standard InChI is InChI=1S/C16H17N5O2/c1-8-10(5-9-6-11(22)3-4-12(9)23-2)7-19-15-13(8)14(17)20-16(18)21-15/h3-4,6-7,22H,5H2,1-2H3,(H4,17,18,19,20,21). The highest BCUT2D eigenvalue weighted by Gasteiger charge is 2.13. The third kappa shape index (κ3) is 2.68. The van der Waals surface area contributed by atoms with Gasteiger partial charge in [0.2, 0.25) is 5.95 Å². The van der Waals surface area contributed by atoms with Gasteiger partial charge in [-0.25, -0.2) is 4.98 Å². The van der Waals surface area contributed by atoms with E-state index in [2.05, 4.69) is 15.0 Å². The van der Waals surface area contributed by atoms with E-state index in [1.807, 2.05) is 6.92 Å². The number of benzene rings is 1. The number of nitrogen functional groups attached to an aromatic ring is 2. The lowest BCUT2D eigenvalue weighted by molar-refractivity contribution is 0.407. The number of hydrogen-bond donors (Lipinski definition) is 3. The number of nitrogens with zero attached hydrogens (tertiary/aromatic N) is 3. The number of phenolic OH excluding ortho intramolecular Hbond substituents is 1. The molecule has 1 aromatic carbocycles. The maximum absolute atomic E-state index is 9.70. The molecule has 7 heteroatoms. The Morgan fingerprint density at radius 3 is 2.70 bits per heavy atom. The number of rotatable bonds is 3. The first-order valence-corrected chi connectivity index (χ1v) is 7.02. The van der Waals surface area contributed by atoms with Crippen molar-refractivity contribution < 1.29 is 9.84 Å². The first-order valence-electron chi connectivity index (χ1n) is 7.02. The Bertz CT molecular complexity index is 895. The third-order valence-electron chi connectivity index (χ3n) is 3.78. The molecule has 0 aliphatic heterocycles. The van der Waals surface area contributed by atoms with Crippen LogP contribution in [0.3, 0.4) is 0 Å². The molecule has 7 nitrogen and oxygen atoms in total. The molecule has 23 heavy (non-hydrogen) atoms. The molecule has 0 unspecified atom stereocenters. The number of hydrogen-bond acceptors (Lipinski definition) is 7. The predicted octanol–water partition coefficient (Wildman–Crippen LogP) is 1.80. The average Bonchev–Trinajstić information content (AvgIpc) is 2.49. The van der Waals surface area contributed by atoms with Crippen LogP contribution >= 0.6 is 0 Å². The quantitative estimate of drug-likeness (QED) is 0.674. The fourth-order valence-corrected chi connectivity index (χ4v) is 2.62. The van der Waals surface area contributed by atoms with Gasteiger partial charge in [-0.1, -0.05) is 0 Å². The molecule has 3 aromatic rings. The third-order valence-corrected chi connectivity index (χ3v) is 3.78. The summed E-state index contributed by atoms with van der Waals surface area (Å²) in [5, 5.41) is 10.4. The number of phenols is 1. The van der Waals surface area contributed by atoms with E-state index in [0.29, 0.717) is 29.0 Å². The van der Waals surface area contributed by atoms with Crippen molar-refractivity contribution in [2.45, 2.75) is 13.3 Å². The molecular formula is C16H17N5O2. The summed E-state index contributed by atoms with van der Waals surface area (Å²) in [4.78, 5) is 12.4. The SMILES string of the molecule is COc1ccc(O)cc1Cc1cnc2nc(N)nc(N)c2c1C. The molecule has 0 amide bonds. The van der Waals surface area contributed by atoms with E-state index in [0.717, 1.165) is 16.7 Å². The van der Waals surface area contributed by atoms with Gasteiger partial charge in [0.25, 0.3) is 0 Å². The fraction of sp³-hybridized carbons (Fsp3) is 0.188. The zero-order chi connectivity index (χ0) is 16.6. The number of ether oxygens (including phenoxy) is 1. The Morgan fingerprint density at radius 1 is 1.17 bits per heavy atom. The molecule has 0 saturated carbocycles. The largest absolute Gasteiger partial charge is 0.508 e. The normalized spacial score (nSPS) is 10.9. The lowest BCUT2D eigenvalue weighted by Crippen LogP contribution is -2.05. The van der Waals surface area contributed by atoms with Gasteiger partial charge in [-0.05, 0) is 36.2 Å². The molecule has 0 saturated heterocycles. The van der Waals surface area contributed by atoms with Gasteiger partial charge in [-0.2, -0.15) is 9.97 Å². The van der Waals surface area contributed by atoms with Crippen LogP contribution in [0.15, 0.2) is 24.4 Å². The second-order valence-corrected chi connectivity index (χ2v) is 5.25. The van der Waals surface area contributed by atoms with Crippen molar-refractivity contribution in [3.05, 3.63) is 41.1 Å². The van der Waals surface area contributed by atoms with Crippen LogP contribution in [-0.2, 0) is 6.42 Å². The highest BCUT2D eigenvalue weighted by molar-refractivity contribution is 5.90. The van der Waals surface area contributed by atoms with Gasteiger partial charge in [-0.3, -0.25) is 0 Å². The summed E-state index contributed by atoms with van der Waals surface area (Å²) in [6.07, 6.45) is 2.27. The molecule has 0 fully saturated rings. The summed E-state index contributed by atoms with van der Waals surface area (Å²) < 4.78 is 5.34. The Hall–Kier alpha value is -3.09. The molecule has 0 radical (unpaired) electrons. The molecule has 3 rings (SSSR count). The molecule has 0 aliphatic rings. The monoisotopic (exact) mass is 311 g/mol. The second kappa shape index (κ2) is 5.60. The average molecular weight is 311 g/mol. The first-order chi connectivity index (χ1) is 11.0. The van der Waals surface area contributed by atoms with Crippen LogP contribution in [0.2, 0.25) is 0 Å². The summed E-state index contributed by atoms with van der Waals surface area (Å²) in [5.74, 6) is 1.29. The molecule has 0 spiro atoms. The fourth-order valence-electron chi connectivity index (χ4n) is 2.62. The van der Waals surface area contributed by atoms with Gasteiger partial charge < -0.3 is 21.3 Å². The number of anilines is 2. The van der Waals surface area contributed by atoms with Crippen LogP contribution in [0.1, 0.15) is 16.7 Å². The van der Waals surface area contributed by atoms with E-state index in [9.17, 15) is 5.11 Å². The van der Waals surface area contributed by atoms with Crippen LogP contribution in [-0.4, -0.2) is 27.2 Å². The number of pyridine rings is 1. The van der Waals surface area contributed by atoms with Gasteiger partial charge in [0.05, 0.1) is 12.5 Å². The number of aryl methyl sites for hydroxylation is 1. The smallest absolute Gasteiger partial charge is 0.224 e. The van der Waals surface area contributed by atoms with Crippen molar-refractivity contribution in [1.29, 1.82) is 0 Å². The minimum Gasteiger partial charge on any atom is -0.508 e. The first kappa shape index (κ1) is 14.8. The van der Waals surface area contributed by atoms with E-state index in [4.69, 9.17) is 16.2 Å². The number of methoxy groups -OCH3 is 1. The number of aromatic hydroxyl groups is 1. The maximum atomic E-state index is 9.70. The lowest BCUT2D eigenvalue weighted by Gasteiger charge is -2.12. The highest BCUT2D eigenvalue weighted by Crippen LogP contribution is 2.29. The predicted molar refractivity (Wildman–Crippen MR) is 88.4 cm³/mol. The van der Waals surface area contributed by atoms with Gasteiger partial charge in [0.1, 0.15) is 17.3 Å². The van der Waals surface area contributed by atoms with Crippen molar-refractivity contribution in [2.24, 2.45) is 0 Å². The van der Waals surface area contributed by atoms with Crippen LogP contribution in [0.4, 0.5) is 11.8 Å². The van der Waals surface area contributed by atoms with Crippen molar-refractivity contribution in [2.75, 3.05) is 18.6 Å². The van der Waals surface area contributed by atoms with E-state index < -0.39 is 0 Å². The second-order valence-electron chi connectivity index (χ2n) is 5.25. The van der Waals surface area contributed by atoms with Gasteiger partial charge in [0.15, 0.2) is 5.65 Å². The van der Waals surface area contributed by atoms with E-state index in [1.165, 1.54) is 0 Å². The number of fused-ring (bicyclic) bond motifs is 1. The highest BCUT2D eigenvalue weighted by atomic mass is 16.5. The molecular weight excluding hydrogens is 294 g/mol. The topological polar surface area (TPSA) is 120 Å². The summed E-state index contributed by atoms with van der Waals surface area (Å²) in [7, 11) is 1.59. The van der Waals surface area contributed by atoms with Crippen molar-refractivity contribution in [3.8, 4) is 11.5 Å². The number of nitrogens with two attached hydrogens (primary N) is 2. The van der Waals surface area contributed by atoms with Gasteiger partial charge in [0, 0.05) is 18.2 Å². The van der Waals surface area contributed by atoms with Crippen LogP contribution in [0, 0.1) is 6.92 Å². The molecule has 0 atom stereocenters. The van der Waals surface area contributed by atoms with Crippen molar-refractivity contribution >= 4 is 22.8 Å². The molecule has 0 bridgehead atoms. The molecule has 2 aromatic heterocycles. The zero-order valence-corrected chi connectivity index (χ0v) is 12.9. The van der Waals surface area contributed by atoms with Gasteiger partial charge in [-0.15, -0.1) is 0 Å². The Balaban J connectivity index is 2.11. The Kier molecular flexibility index (Phi) is 3.61. The van der Waals surface area contributed by atoms with Gasteiger partial charge >= 0.3 is 0 Å². The summed E-state index contributed by atoms with van der Waals surface area (Å²) in [5.41, 5.74) is 14.8. The van der Waals surface area contributed by atoms with E-state index in [-0.39, 0.29) is 11.7 Å². The zero-order valence-electron chi connectivity index (χ0n) is 12.9. The van der Waals surface area contributed by atoms with Crippen LogP contribution in [0.5, 0.6) is 11.5 Å². The molecule has 0 aliphatic carbocycles. The van der Waals surface area contributed by atoms with Crippen molar-refractivity contribution in [3.63, 3.8) is 0 Å². The van der Waals surface area contributed by atoms with E-state index in [1.54, 1.807) is 31.5 Å². The van der Waals surface area contributed by atoms with Crippen LogP contribution in [0.25, 0.3) is 11.0 Å². The summed E-state index contributed by atoms with van der Waals surface area (Å²) in [6, 6.07) is 4.99. The van der Waals surface area contributed by atoms with E-state index >= 15 is 0 Å².